The van der Waals surface area contributed by atoms with Crippen LogP contribution in [0, 0.1) is 0 Å². The molecule has 0 aliphatic carbocycles. The van der Waals surface area contributed by atoms with E-state index in [2.05, 4.69) is 30.9 Å². The Kier molecular flexibility index (Phi) is 11.9. The minimum absolute atomic E-state index is 0.0263. The first-order chi connectivity index (χ1) is 20.4. The lowest BCUT2D eigenvalue weighted by Crippen LogP contribution is -2.33. The van der Waals surface area contributed by atoms with E-state index >= 15 is 0 Å². The third kappa shape index (κ3) is 8.38. The van der Waals surface area contributed by atoms with Crippen molar-refractivity contribution in [1.82, 2.24) is 24.8 Å². The van der Waals surface area contributed by atoms with Crippen molar-refractivity contribution in [2.75, 3.05) is 35.2 Å². The van der Waals surface area contributed by atoms with Crippen molar-refractivity contribution in [3.8, 4) is 0 Å². The summed E-state index contributed by atoms with van der Waals surface area (Å²) >= 11 is 1.54. The molecule has 1 saturated heterocycles. The molecule has 0 unspecified atom stereocenters. The van der Waals surface area contributed by atoms with Crippen molar-refractivity contribution in [3.63, 3.8) is 0 Å². The number of hydrogen-bond donors (Lipinski definition) is 6. The van der Waals surface area contributed by atoms with Crippen LogP contribution in [-0.2, 0) is 20.9 Å². The molecule has 0 radical (unpaired) electrons. The maximum atomic E-state index is 11.9. The zero-order valence-corrected chi connectivity index (χ0v) is 24.6. The predicted molar refractivity (Wildman–Crippen MR) is 162 cm³/mol. The van der Waals surface area contributed by atoms with Gasteiger partial charge < -0.3 is 36.6 Å². The highest BCUT2D eigenvalue weighted by Crippen LogP contribution is 2.33. The molecule has 1 fully saturated rings. The summed E-state index contributed by atoms with van der Waals surface area (Å²) in [5.74, 6) is 1.62. The molecular formula is C28H40N8O5S. The van der Waals surface area contributed by atoms with E-state index in [4.69, 9.17) is 10.5 Å². The lowest BCUT2D eigenvalue weighted by atomic mass is 10.1. The molecule has 228 valence electrons. The van der Waals surface area contributed by atoms with Crippen LogP contribution < -0.4 is 21.7 Å². The molecule has 3 heterocycles. The Morgan fingerprint density at radius 3 is 2.64 bits per heavy atom. The summed E-state index contributed by atoms with van der Waals surface area (Å²) < 4.78 is 7.66. The minimum Gasteiger partial charge on any atom is -0.387 e. The summed E-state index contributed by atoms with van der Waals surface area (Å²) in [6.07, 6.45) is 2.84. The van der Waals surface area contributed by atoms with E-state index in [1.54, 1.807) is 11.5 Å². The quantitative estimate of drug-likeness (QED) is 0.131. The van der Waals surface area contributed by atoms with Crippen molar-refractivity contribution in [1.29, 1.82) is 0 Å². The third-order valence-corrected chi connectivity index (χ3v) is 8.00. The minimum atomic E-state index is -1.17. The molecule has 0 bridgehead atoms. The van der Waals surface area contributed by atoms with Crippen molar-refractivity contribution >= 4 is 46.2 Å². The van der Waals surface area contributed by atoms with Crippen LogP contribution in [0.2, 0.25) is 0 Å². The highest BCUT2D eigenvalue weighted by Gasteiger charge is 2.44. The highest BCUT2D eigenvalue weighted by molar-refractivity contribution is 7.99. The van der Waals surface area contributed by atoms with Gasteiger partial charge in [-0.25, -0.2) is 15.0 Å². The Morgan fingerprint density at radius 2 is 1.88 bits per heavy atom. The number of aliphatic hydroxyl groups excluding tert-OH is 2. The molecule has 2 aromatic heterocycles. The number of unbranched alkanes of at least 4 members (excludes halogenated alkanes) is 2. The van der Waals surface area contributed by atoms with Gasteiger partial charge in [0.25, 0.3) is 0 Å². The monoisotopic (exact) mass is 600 g/mol. The number of rotatable bonds is 16. The number of carbonyl (C=O) groups excluding carboxylic acids is 2. The van der Waals surface area contributed by atoms with Crippen LogP contribution in [0.3, 0.4) is 0 Å². The summed E-state index contributed by atoms with van der Waals surface area (Å²) in [4.78, 5) is 36.6. The maximum absolute atomic E-state index is 11.9. The zero-order valence-electron chi connectivity index (χ0n) is 23.7. The van der Waals surface area contributed by atoms with Crippen LogP contribution in [0.1, 0.15) is 50.8 Å². The summed E-state index contributed by atoms with van der Waals surface area (Å²) in [5, 5.41) is 30.4. The van der Waals surface area contributed by atoms with Gasteiger partial charge in [-0.05, 0) is 37.1 Å². The fourth-order valence-electron chi connectivity index (χ4n) is 4.56. The Hall–Kier alpha value is -3.30. The first-order valence-corrected chi connectivity index (χ1v) is 15.4. The number of hydrogen-bond acceptors (Lipinski definition) is 11. The molecule has 1 aliphatic rings. The van der Waals surface area contributed by atoms with E-state index in [0.29, 0.717) is 61.0 Å². The van der Waals surface area contributed by atoms with Gasteiger partial charge in [0.15, 0.2) is 23.2 Å². The number of benzene rings is 1. The van der Waals surface area contributed by atoms with Crippen LogP contribution in [0.25, 0.3) is 11.2 Å². The largest absolute Gasteiger partial charge is 0.387 e. The molecule has 1 aliphatic heterocycles. The van der Waals surface area contributed by atoms with Crippen molar-refractivity contribution in [2.45, 2.75) is 70.1 Å². The summed E-state index contributed by atoms with van der Waals surface area (Å²) in [6.45, 7) is 3.44. The smallest absolute Gasteiger partial charge is 0.224 e. The van der Waals surface area contributed by atoms with Gasteiger partial charge in [0.05, 0.1) is 12.4 Å². The van der Waals surface area contributed by atoms with Crippen molar-refractivity contribution < 1.29 is 24.5 Å². The first kappa shape index (κ1) is 31.6. The van der Waals surface area contributed by atoms with Crippen LogP contribution in [0.4, 0.5) is 11.5 Å². The Balaban J connectivity index is 1.28. The Morgan fingerprint density at radius 1 is 1.07 bits per heavy atom. The van der Waals surface area contributed by atoms with Crippen LogP contribution in [-0.4, -0.2) is 84.5 Å². The first-order valence-electron chi connectivity index (χ1n) is 14.3. The highest BCUT2D eigenvalue weighted by atomic mass is 32.2. The lowest BCUT2D eigenvalue weighted by molar-refractivity contribution is -0.121. The SMILES string of the molecule is CCC(=O)Nc1ccc(CNc2ncnc3c2ncn3[C@@H]2O[C@H](CSCCNC(=O)CCCCCN)[C@@H](O)[C@H]2O)cc1. The number of aromatic nitrogens is 4. The Labute approximate surface area is 249 Å². The van der Waals surface area contributed by atoms with Gasteiger partial charge in [-0.2, -0.15) is 11.8 Å². The molecular weight excluding hydrogens is 560 g/mol. The van der Waals surface area contributed by atoms with Crippen molar-refractivity contribution in [3.05, 3.63) is 42.5 Å². The molecule has 1 aromatic carbocycles. The normalized spacial score (nSPS) is 20.1. The number of nitrogens with one attached hydrogen (secondary N) is 3. The molecule has 2 amide bonds. The number of anilines is 2. The van der Waals surface area contributed by atoms with Gasteiger partial charge in [-0.1, -0.05) is 25.5 Å². The average molecular weight is 601 g/mol. The average Bonchev–Trinajstić information content (AvgIpc) is 3.55. The molecule has 4 rings (SSSR count). The van der Waals surface area contributed by atoms with Crippen LogP contribution in [0.15, 0.2) is 36.9 Å². The standard InChI is InChI=1S/C28H40N8O5S/c1-2-21(37)35-19-9-7-18(8-10-19)14-31-26-23-27(33-16-32-26)36(17-34-23)28-25(40)24(39)20(41-28)15-42-13-12-30-22(38)6-4-3-5-11-29/h7-10,16-17,20,24-25,28,39-40H,2-6,11-15,29H2,1H3,(H,30,38)(H,35,37)(H,31,32,33)/t20-,24-,25-,28-/m1/s1. The number of fused-ring (bicyclic) bond motifs is 1. The van der Waals surface area contributed by atoms with Gasteiger partial charge in [-0.3, -0.25) is 14.2 Å². The van der Waals surface area contributed by atoms with Gasteiger partial charge in [0.2, 0.25) is 11.8 Å². The second-order valence-electron chi connectivity index (χ2n) is 10.1. The van der Waals surface area contributed by atoms with E-state index in [1.165, 1.54) is 24.4 Å². The number of nitrogens with zero attached hydrogens (tertiary/aromatic N) is 4. The van der Waals surface area contributed by atoms with Gasteiger partial charge in [0, 0.05) is 43.1 Å². The molecule has 13 nitrogen and oxygen atoms in total. The summed E-state index contributed by atoms with van der Waals surface area (Å²) in [6, 6.07) is 7.51. The van der Waals surface area contributed by atoms with E-state index in [9.17, 15) is 19.8 Å². The number of aliphatic hydroxyl groups is 2. The van der Waals surface area contributed by atoms with Gasteiger partial charge >= 0.3 is 0 Å². The number of ether oxygens (including phenoxy) is 1. The molecule has 0 saturated carbocycles. The second-order valence-corrected chi connectivity index (χ2v) is 11.2. The molecule has 3 aromatic rings. The number of carbonyl (C=O) groups is 2. The molecule has 0 spiro atoms. The number of nitrogens with two attached hydrogens (primary N) is 1. The van der Waals surface area contributed by atoms with Crippen LogP contribution in [0.5, 0.6) is 0 Å². The summed E-state index contributed by atoms with van der Waals surface area (Å²) in [5.41, 5.74) is 8.16. The lowest BCUT2D eigenvalue weighted by Gasteiger charge is -2.16. The molecule has 14 heteroatoms. The molecule has 42 heavy (non-hydrogen) atoms. The number of amides is 2. The topological polar surface area (TPSA) is 190 Å². The maximum Gasteiger partial charge on any atom is 0.224 e. The Bertz CT molecular complexity index is 1310. The van der Waals surface area contributed by atoms with E-state index in [0.717, 1.165) is 30.5 Å². The number of thioether (sulfide) groups is 1. The third-order valence-electron chi connectivity index (χ3n) is 6.95. The molecule has 4 atom stereocenters. The second kappa shape index (κ2) is 15.8. The van der Waals surface area contributed by atoms with E-state index in [-0.39, 0.29) is 11.8 Å². The zero-order chi connectivity index (χ0) is 29.9. The predicted octanol–water partition coefficient (Wildman–Crippen LogP) is 1.77. The fraction of sp³-hybridized carbons (Fsp3) is 0.536. The van der Waals surface area contributed by atoms with Crippen molar-refractivity contribution in [2.24, 2.45) is 5.73 Å². The van der Waals surface area contributed by atoms with Crippen LogP contribution >= 0.6 is 11.8 Å². The van der Waals surface area contributed by atoms with E-state index < -0.39 is 24.5 Å². The van der Waals surface area contributed by atoms with Gasteiger partial charge in [-0.15, -0.1) is 0 Å². The van der Waals surface area contributed by atoms with Gasteiger partial charge in [0.1, 0.15) is 18.5 Å². The number of imidazole rings is 1. The fourth-order valence-corrected chi connectivity index (χ4v) is 5.48. The molecule has 7 N–H and O–H groups in total. The summed E-state index contributed by atoms with van der Waals surface area (Å²) in [7, 11) is 0. The van der Waals surface area contributed by atoms with E-state index in [1.807, 2.05) is 24.3 Å².